The van der Waals surface area contributed by atoms with E-state index in [1.807, 2.05) is 37.3 Å². The summed E-state index contributed by atoms with van der Waals surface area (Å²) in [6.07, 6.45) is 0.670. The van der Waals surface area contributed by atoms with Crippen LogP contribution in [0.2, 0.25) is 0 Å². The van der Waals surface area contributed by atoms with Gasteiger partial charge in [-0.3, -0.25) is 4.79 Å². The summed E-state index contributed by atoms with van der Waals surface area (Å²) in [5.41, 5.74) is 1.93. The molecular weight excluding hydrogens is 376 g/mol. The SMILES string of the molecule is CC(=O)C[C@@H]([C@H](C=O)CCOCc1ccccc1)S(=O)(=O)c1ccc(C)cc1. The molecule has 5 nitrogen and oxygen atoms in total. The lowest BCUT2D eigenvalue weighted by Crippen LogP contribution is -2.33. The second-order valence-electron chi connectivity index (χ2n) is 6.93. The van der Waals surface area contributed by atoms with Gasteiger partial charge in [0.25, 0.3) is 0 Å². The molecule has 6 heteroatoms. The number of carbonyl (C=O) groups excluding carboxylic acids is 2. The Bertz CT molecular complexity index is 873. The van der Waals surface area contributed by atoms with E-state index in [0.29, 0.717) is 12.9 Å². The number of aldehydes is 1. The van der Waals surface area contributed by atoms with Gasteiger partial charge in [0.2, 0.25) is 0 Å². The van der Waals surface area contributed by atoms with Crippen LogP contribution in [0.4, 0.5) is 0 Å². The maximum absolute atomic E-state index is 13.1. The topological polar surface area (TPSA) is 77.5 Å². The van der Waals surface area contributed by atoms with Crippen molar-refractivity contribution in [2.75, 3.05) is 6.61 Å². The molecule has 0 aliphatic heterocycles. The van der Waals surface area contributed by atoms with Gasteiger partial charge in [-0.25, -0.2) is 8.42 Å². The number of hydrogen-bond donors (Lipinski definition) is 0. The Labute approximate surface area is 166 Å². The van der Waals surface area contributed by atoms with E-state index in [9.17, 15) is 18.0 Å². The molecule has 0 spiro atoms. The summed E-state index contributed by atoms with van der Waals surface area (Å²) in [5.74, 6) is -1.08. The minimum atomic E-state index is -3.82. The maximum Gasteiger partial charge on any atom is 0.182 e. The number of Topliss-reactive ketones (excluding diaryl/α,β-unsaturated/α-hetero) is 1. The highest BCUT2D eigenvalue weighted by molar-refractivity contribution is 7.92. The van der Waals surface area contributed by atoms with Crippen LogP contribution in [-0.2, 0) is 30.8 Å². The van der Waals surface area contributed by atoms with E-state index >= 15 is 0 Å². The minimum Gasteiger partial charge on any atom is -0.377 e. The smallest absolute Gasteiger partial charge is 0.182 e. The number of ether oxygens (including phenoxy) is 1. The largest absolute Gasteiger partial charge is 0.377 e. The average Bonchev–Trinajstić information content (AvgIpc) is 2.67. The number of hydrogen-bond acceptors (Lipinski definition) is 5. The van der Waals surface area contributed by atoms with E-state index in [1.54, 1.807) is 12.1 Å². The van der Waals surface area contributed by atoms with Gasteiger partial charge in [-0.2, -0.15) is 0 Å². The summed E-state index contributed by atoms with van der Waals surface area (Å²) in [4.78, 5) is 23.5. The monoisotopic (exact) mass is 402 g/mol. The zero-order valence-electron chi connectivity index (χ0n) is 16.2. The van der Waals surface area contributed by atoms with Crippen LogP contribution < -0.4 is 0 Å². The van der Waals surface area contributed by atoms with Crippen LogP contribution >= 0.6 is 0 Å². The molecule has 2 aromatic carbocycles. The molecule has 0 unspecified atom stereocenters. The summed E-state index contributed by atoms with van der Waals surface area (Å²) in [6, 6.07) is 16.0. The third-order valence-electron chi connectivity index (χ3n) is 4.60. The van der Waals surface area contributed by atoms with Gasteiger partial charge in [0.15, 0.2) is 9.84 Å². The summed E-state index contributed by atoms with van der Waals surface area (Å²) in [5, 5.41) is -1.09. The number of sulfone groups is 1. The molecule has 0 aliphatic carbocycles. The van der Waals surface area contributed by atoms with Gasteiger partial charge < -0.3 is 9.53 Å². The molecule has 0 N–H and O–H groups in total. The van der Waals surface area contributed by atoms with E-state index in [-0.39, 0.29) is 30.1 Å². The Kier molecular flexibility index (Phi) is 8.08. The van der Waals surface area contributed by atoms with Crippen LogP contribution in [0, 0.1) is 12.8 Å². The lowest BCUT2D eigenvalue weighted by atomic mass is 9.99. The van der Waals surface area contributed by atoms with Crippen molar-refractivity contribution in [3.8, 4) is 0 Å². The van der Waals surface area contributed by atoms with Gasteiger partial charge in [0, 0.05) is 18.9 Å². The summed E-state index contributed by atoms with van der Waals surface area (Å²) in [7, 11) is -3.82. The summed E-state index contributed by atoms with van der Waals surface area (Å²) < 4.78 is 31.8. The average molecular weight is 403 g/mol. The molecule has 0 aromatic heterocycles. The molecule has 0 radical (unpaired) electrons. The molecule has 2 atom stereocenters. The first-order valence-electron chi connectivity index (χ1n) is 9.21. The first kappa shape index (κ1) is 22.0. The molecule has 0 heterocycles. The van der Waals surface area contributed by atoms with E-state index in [1.165, 1.54) is 19.1 Å². The van der Waals surface area contributed by atoms with Crippen LogP contribution in [0.3, 0.4) is 0 Å². The van der Waals surface area contributed by atoms with Crippen molar-refractivity contribution < 1.29 is 22.7 Å². The fourth-order valence-electron chi connectivity index (χ4n) is 3.00. The van der Waals surface area contributed by atoms with E-state index in [2.05, 4.69) is 0 Å². The summed E-state index contributed by atoms with van der Waals surface area (Å²) >= 11 is 0. The first-order chi connectivity index (χ1) is 13.3. The standard InChI is InChI=1S/C22H26O5S/c1-17-8-10-21(11-9-17)28(25,26)22(14-18(2)24)20(15-23)12-13-27-16-19-6-4-3-5-7-19/h3-11,15,20,22H,12-14,16H2,1-2H3/t20-,22-/m0/s1. The van der Waals surface area contributed by atoms with Crippen molar-refractivity contribution in [3.05, 3.63) is 65.7 Å². The second kappa shape index (κ2) is 10.3. The minimum absolute atomic E-state index is 0.126. The third kappa shape index (κ3) is 6.11. The number of aryl methyl sites for hydroxylation is 1. The number of benzene rings is 2. The number of rotatable bonds is 11. The quantitative estimate of drug-likeness (QED) is 0.424. The van der Waals surface area contributed by atoms with Gasteiger partial charge in [0.1, 0.15) is 12.1 Å². The molecule has 0 amide bonds. The zero-order valence-corrected chi connectivity index (χ0v) is 17.0. The highest BCUT2D eigenvalue weighted by Gasteiger charge is 2.35. The van der Waals surface area contributed by atoms with Crippen molar-refractivity contribution in [2.45, 2.75) is 43.4 Å². The van der Waals surface area contributed by atoms with Gasteiger partial charge in [-0.05, 0) is 38.0 Å². The molecule has 2 rings (SSSR count). The molecule has 0 bridgehead atoms. The molecule has 150 valence electrons. The Morgan fingerprint density at radius 3 is 2.29 bits per heavy atom. The van der Waals surface area contributed by atoms with Crippen molar-refractivity contribution in [1.82, 2.24) is 0 Å². The number of ketones is 1. The van der Waals surface area contributed by atoms with Crippen LogP contribution in [0.5, 0.6) is 0 Å². The fourth-order valence-corrected chi connectivity index (χ4v) is 4.98. The molecule has 0 fully saturated rings. The molecule has 0 saturated carbocycles. The molecule has 28 heavy (non-hydrogen) atoms. The third-order valence-corrected chi connectivity index (χ3v) is 6.84. The van der Waals surface area contributed by atoms with E-state index < -0.39 is 21.0 Å². The predicted molar refractivity (Wildman–Crippen MR) is 108 cm³/mol. The number of carbonyl (C=O) groups is 2. The van der Waals surface area contributed by atoms with E-state index in [0.717, 1.165) is 11.1 Å². The lowest BCUT2D eigenvalue weighted by Gasteiger charge is -2.22. The van der Waals surface area contributed by atoms with Crippen LogP contribution in [0.1, 0.15) is 30.9 Å². The highest BCUT2D eigenvalue weighted by atomic mass is 32.2. The molecule has 2 aromatic rings. The van der Waals surface area contributed by atoms with Crippen molar-refractivity contribution in [3.63, 3.8) is 0 Å². The summed E-state index contributed by atoms with van der Waals surface area (Å²) in [6.45, 7) is 3.82. The Morgan fingerprint density at radius 1 is 1.07 bits per heavy atom. The first-order valence-corrected chi connectivity index (χ1v) is 10.8. The zero-order chi connectivity index (χ0) is 20.6. The van der Waals surface area contributed by atoms with Crippen molar-refractivity contribution in [1.29, 1.82) is 0 Å². The van der Waals surface area contributed by atoms with Gasteiger partial charge >= 0.3 is 0 Å². The maximum atomic E-state index is 13.1. The van der Waals surface area contributed by atoms with Crippen LogP contribution in [0.25, 0.3) is 0 Å². The Morgan fingerprint density at radius 2 is 1.71 bits per heavy atom. The van der Waals surface area contributed by atoms with Gasteiger partial charge in [-0.1, -0.05) is 48.0 Å². The Hall–Kier alpha value is -2.31. The van der Waals surface area contributed by atoms with Crippen LogP contribution in [-0.4, -0.2) is 32.3 Å². The highest BCUT2D eigenvalue weighted by Crippen LogP contribution is 2.26. The van der Waals surface area contributed by atoms with Gasteiger partial charge in [-0.15, -0.1) is 0 Å². The lowest BCUT2D eigenvalue weighted by molar-refractivity contribution is -0.117. The van der Waals surface area contributed by atoms with Crippen molar-refractivity contribution >= 4 is 21.9 Å². The Balaban J connectivity index is 2.11. The molecule has 0 saturated heterocycles. The predicted octanol–water partition coefficient (Wildman–Crippen LogP) is 3.54. The van der Waals surface area contributed by atoms with Crippen LogP contribution in [0.15, 0.2) is 59.5 Å². The fraction of sp³-hybridized carbons (Fsp3) is 0.364. The molecule has 0 aliphatic rings. The van der Waals surface area contributed by atoms with E-state index in [4.69, 9.17) is 4.74 Å². The normalized spacial score (nSPS) is 13.6. The second-order valence-corrected chi connectivity index (χ2v) is 9.10. The molecular formula is C22H26O5S. The van der Waals surface area contributed by atoms with Crippen molar-refractivity contribution in [2.24, 2.45) is 5.92 Å². The van der Waals surface area contributed by atoms with Gasteiger partial charge in [0.05, 0.1) is 16.8 Å².